The van der Waals surface area contributed by atoms with Crippen molar-refractivity contribution in [2.24, 2.45) is 0 Å². The van der Waals surface area contributed by atoms with Crippen LogP contribution >= 0.6 is 11.6 Å². The Morgan fingerprint density at radius 3 is 1.68 bits per heavy atom. The highest BCUT2D eigenvalue weighted by atomic mass is 35.5. The van der Waals surface area contributed by atoms with Crippen molar-refractivity contribution in [1.82, 2.24) is 0 Å². The maximum atomic E-state index is 12.9. The molecular formula is C22H33BClNO6. The topological polar surface area (TPSA) is 74.3 Å². The number of rotatable bonds is 2. The minimum Gasteiger partial charge on any atom is -0.443 e. The van der Waals surface area contributed by atoms with Crippen LogP contribution in [0.3, 0.4) is 0 Å². The molecule has 31 heavy (non-hydrogen) atoms. The Kier molecular flexibility index (Phi) is 6.83. The molecule has 0 bridgehead atoms. The first-order valence-corrected chi connectivity index (χ1v) is 10.6. The third-order valence-corrected chi connectivity index (χ3v) is 5.06. The largest absolute Gasteiger partial charge is 0.494 e. The van der Waals surface area contributed by atoms with Gasteiger partial charge in [-0.15, -0.1) is 0 Å². The van der Waals surface area contributed by atoms with Crippen LogP contribution in [-0.4, -0.2) is 41.7 Å². The van der Waals surface area contributed by atoms with Crippen molar-refractivity contribution < 1.29 is 28.4 Å². The van der Waals surface area contributed by atoms with Gasteiger partial charge in [0.05, 0.1) is 16.9 Å². The quantitative estimate of drug-likeness (QED) is 0.564. The minimum atomic E-state index is -0.871. The first-order chi connectivity index (χ1) is 13.8. The Morgan fingerprint density at radius 1 is 0.871 bits per heavy atom. The fourth-order valence-electron chi connectivity index (χ4n) is 2.74. The van der Waals surface area contributed by atoms with Gasteiger partial charge in [-0.05, 0) is 92.9 Å². The summed E-state index contributed by atoms with van der Waals surface area (Å²) >= 11 is 6.35. The molecule has 2 amide bonds. The van der Waals surface area contributed by atoms with Crippen LogP contribution in [0.5, 0.6) is 0 Å². The molecule has 1 aromatic rings. The molecule has 1 fully saturated rings. The standard InChI is InChI=1S/C22H33BClNO6/c1-19(2,3)28-17(26)25(18(27)29-20(4,5)6)16-12-14(11-15(24)13-16)23-30-21(7,8)22(9,10)31-23/h11-13H,1-10H3. The highest BCUT2D eigenvalue weighted by molar-refractivity contribution is 6.62. The Labute approximate surface area is 190 Å². The molecule has 172 valence electrons. The lowest BCUT2D eigenvalue weighted by Gasteiger charge is -2.32. The highest BCUT2D eigenvalue weighted by Crippen LogP contribution is 2.37. The molecule has 0 radical (unpaired) electrons. The SMILES string of the molecule is CC(C)(C)OC(=O)N(C(=O)OC(C)(C)C)c1cc(Cl)cc(B2OC(C)(C)C(C)(C)O2)c1. The molecule has 0 aromatic heterocycles. The zero-order valence-corrected chi connectivity index (χ0v) is 20.8. The van der Waals surface area contributed by atoms with E-state index in [-0.39, 0.29) is 5.69 Å². The Morgan fingerprint density at radius 2 is 1.29 bits per heavy atom. The van der Waals surface area contributed by atoms with Crippen molar-refractivity contribution in [3.8, 4) is 0 Å². The zero-order valence-electron chi connectivity index (χ0n) is 20.1. The molecule has 0 unspecified atom stereocenters. The second-order valence-corrected chi connectivity index (χ2v) is 11.1. The van der Waals surface area contributed by atoms with Gasteiger partial charge in [-0.2, -0.15) is 4.90 Å². The van der Waals surface area contributed by atoms with E-state index in [2.05, 4.69) is 0 Å². The van der Waals surface area contributed by atoms with E-state index in [9.17, 15) is 9.59 Å². The van der Waals surface area contributed by atoms with Gasteiger partial charge in [-0.3, -0.25) is 0 Å². The first kappa shape index (κ1) is 25.5. The number of halogens is 1. The lowest BCUT2D eigenvalue weighted by molar-refractivity contribution is 0.00578. The van der Waals surface area contributed by atoms with E-state index < -0.39 is 41.7 Å². The van der Waals surface area contributed by atoms with E-state index in [1.165, 1.54) is 6.07 Å². The molecule has 1 aliphatic heterocycles. The van der Waals surface area contributed by atoms with E-state index in [1.807, 2.05) is 27.7 Å². The third-order valence-electron chi connectivity index (χ3n) is 4.84. The Balaban J connectivity index is 2.49. The number of anilines is 1. The summed E-state index contributed by atoms with van der Waals surface area (Å²) in [6.45, 7) is 18.0. The Hall–Kier alpha value is -1.77. The van der Waals surface area contributed by atoms with Gasteiger partial charge in [0, 0.05) is 5.02 Å². The monoisotopic (exact) mass is 453 g/mol. The number of hydrogen-bond donors (Lipinski definition) is 0. The fraction of sp³-hybridized carbons (Fsp3) is 0.636. The molecule has 0 atom stereocenters. The molecule has 0 aliphatic carbocycles. The van der Waals surface area contributed by atoms with E-state index in [0.717, 1.165) is 4.90 Å². The average Bonchev–Trinajstić information content (AvgIpc) is 2.71. The van der Waals surface area contributed by atoms with Crippen LogP contribution in [0.2, 0.25) is 5.02 Å². The van der Waals surface area contributed by atoms with E-state index >= 15 is 0 Å². The number of carbonyl (C=O) groups excluding carboxylic acids is 2. The predicted molar refractivity (Wildman–Crippen MR) is 122 cm³/mol. The van der Waals surface area contributed by atoms with Gasteiger partial charge in [0.15, 0.2) is 0 Å². The van der Waals surface area contributed by atoms with Gasteiger partial charge in [0.1, 0.15) is 11.2 Å². The van der Waals surface area contributed by atoms with Crippen LogP contribution in [0.15, 0.2) is 18.2 Å². The average molecular weight is 454 g/mol. The van der Waals surface area contributed by atoms with Crippen LogP contribution in [0.4, 0.5) is 15.3 Å². The number of amides is 2. The summed E-state index contributed by atoms with van der Waals surface area (Å²) in [5.74, 6) is 0. The van der Waals surface area contributed by atoms with Crippen LogP contribution in [0.25, 0.3) is 0 Å². The number of benzene rings is 1. The van der Waals surface area contributed by atoms with Crippen molar-refractivity contribution in [1.29, 1.82) is 0 Å². The zero-order chi connectivity index (χ0) is 24.0. The summed E-state index contributed by atoms with van der Waals surface area (Å²) in [5.41, 5.74) is -1.99. The lowest BCUT2D eigenvalue weighted by atomic mass is 9.79. The van der Waals surface area contributed by atoms with Crippen molar-refractivity contribution in [3.05, 3.63) is 23.2 Å². The van der Waals surface area contributed by atoms with Gasteiger partial charge < -0.3 is 18.8 Å². The maximum absolute atomic E-state index is 12.9. The molecule has 1 heterocycles. The van der Waals surface area contributed by atoms with E-state index in [4.69, 9.17) is 30.4 Å². The van der Waals surface area contributed by atoms with E-state index in [0.29, 0.717) is 10.5 Å². The molecule has 2 rings (SSSR count). The summed E-state index contributed by atoms with van der Waals surface area (Å²) in [6.07, 6.45) is -1.74. The molecule has 1 saturated heterocycles. The summed E-state index contributed by atoms with van der Waals surface area (Å²) in [5, 5.41) is 0.305. The van der Waals surface area contributed by atoms with E-state index in [1.54, 1.807) is 53.7 Å². The van der Waals surface area contributed by atoms with Crippen molar-refractivity contribution >= 4 is 42.1 Å². The van der Waals surface area contributed by atoms with Crippen LogP contribution < -0.4 is 10.4 Å². The molecule has 9 heteroatoms. The van der Waals surface area contributed by atoms with Crippen molar-refractivity contribution in [2.75, 3.05) is 4.90 Å². The minimum absolute atomic E-state index is 0.195. The smallest absolute Gasteiger partial charge is 0.443 e. The van der Waals surface area contributed by atoms with Gasteiger partial charge in [0.25, 0.3) is 0 Å². The van der Waals surface area contributed by atoms with Gasteiger partial charge >= 0.3 is 19.3 Å². The summed E-state index contributed by atoms with van der Waals surface area (Å²) < 4.78 is 23.1. The number of carbonyl (C=O) groups is 2. The molecule has 7 nitrogen and oxygen atoms in total. The summed E-state index contributed by atoms with van der Waals surface area (Å²) in [4.78, 5) is 26.7. The van der Waals surface area contributed by atoms with Gasteiger partial charge in [-0.1, -0.05) is 11.6 Å². The molecule has 0 spiro atoms. The molecular weight excluding hydrogens is 421 g/mol. The predicted octanol–water partition coefficient (Wildman–Crippen LogP) is 5.32. The molecule has 0 saturated carbocycles. The second kappa shape index (κ2) is 8.30. The Bertz CT molecular complexity index is 813. The number of imide groups is 1. The van der Waals surface area contributed by atoms with Crippen molar-refractivity contribution in [3.63, 3.8) is 0 Å². The normalized spacial score (nSPS) is 18.0. The van der Waals surface area contributed by atoms with Crippen LogP contribution in [0, 0.1) is 0 Å². The van der Waals surface area contributed by atoms with Crippen molar-refractivity contribution in [2.45, 2.75) is 91.6 Å². The van der Waals surface area contributed by atoms with Crippen LogP contribution in [-0.2, 0) is 18.8 Å². The van der Waals surface area contributed by atoms with Crippen LogP contribution in [0.1, 0.15) is 69.2 Å². The van der Waals surface area contributed by atoms with Gasteiger partial charge in [0.2, 0.25) is 0 Å². The summed E-state index contributed by atoms with van der Waals surface area (Å²) in [6, 6.07) is 4.78. The molecule has 1 aromatic carbocycles. The summed E-state index contributed by atoms with van der Waals surface area (Å²) in [7, 11) is -0.721. The highest BCUT2D eigenvalue weighted by Gasteiger charge is 2.52. The fourth-order valence-corrected chi connectivity index (χ4v) is 2.98. The molecule has 1 aliphatic rings. The maximum Gasteiger partial charge on any atom is 0.494 e. The number of ether oxygens (including phenoxy) is 2. The number of hydrogen-bond acceptors (Lipinski definition) is 6. The first-order valence-electron chi connectivity index (χ1n) is 10.2. The molecule has 0 N–H and O–H groups in total. The third kappa shape index (κ3) is 6.37. The lowest BCUT2D eigenvalue weighted by Crippen LogP contribution is -2.44. The van der Waals surface area contributed by atoms with Gasteiger partial charge in [-0.25, -0.2) is 9.59 Å². The number of nitrogens with zero attached hydrogens (tertiary/aromatic N) is 1. The second-order valence-electron chi connectivity index (χ2n) is 10.6.